The number of methoxy groups -OCH3 is 1. The summed E-state index contributed by atoms with van der Waals surface area (Å²) in [6, 6.07) is -0.495. The van der Waals surface area contributed by atoms with Gasteiger partial charge < -0.3 is 24.6 Å². The maximum absolute atomic E-state index is 11.3. The standard InChI is InChI=1S/C10H21NO5/c1-10(2,3)16-9(13)11-8(5-12)6-15-7-14-4/h8,12H,5-7H2,1-4H3,(H,11,13). The normalized spacial score (nSPS) is 13.3. The average molecular weight is 235 g/mol. The predicted molar refractivity (Wildman–Crippen MR) is 58.1 cm³/mol. The molecule has 2 N–H and O–H groups in total. The van der Waals surface area contributed by atoms with Crippen molar-refractivity contribution >= 4 is 6.09 Å². The fraction of sp³-hybridized carbons (Fsp3) is 0.900. The lowest BCUT2D eigenvalue weighted by atomic mass is 10.2. The summed E-state index contributed by atoms with van der Waals surface area (Å²) in [5.74, 6) is 0. The summed E-state index contributed by atoms with van der Waals surface area (Å²) in [7, 11) is 1.50. The first-order valence-electron chi connectivity index (χ1n) is 5.06. The van der Waals surface area contributed by atoms with Gasteiger partial charge in [-0.1, -0.05) is 0 Å². The number of aliphatic hydroxyl groups excluding tert-OH is 1. The van der Waals surface area contributed by atoms with E-state index in [0.717, 1.165) is 0 Å². The molecular weight excluding hydrogens is 214 g/mol. The van der Waals surface area contributed by atoms with Crippen LogP contribution in [0.1, 0.15) is 20.8 Å². The summed E-state index contributed by atoms with van der Waals surface area (Å²) >= 11 is 0. The summed E-state index contributed by atoms with van der Waals surface area (Å²) in [5.41, 5.74) is -0.558. The van der Waals surface area contributed by atoms with Gasteiger partial charge in [0.25, 0.3) is 0 Å². The van der Waals surface area contributed by atoms with Gasteiger partial charge in [-0.15, -0.1) is 0 Å². The molecule has 0 rings (SSSR count). The van der Waals surface area contributed by atoms with Gasteiger partial charge in [-0.2, -0.15) is 0 Å². The zero-order chi connectivity index (χ0) is 12.6. The van der Waals surface area contributed by atoms with E-state index in [1.807, 2.05) is 0 Å². The molecule has 1 atom stereocenters. The van der Waals surface area contributed by atoms with E-state index >= 15 is 0 Å². The highest BCUT2D eigenvalue weighted by atomic mass is 16.7. The molecule has 0 spiro atoms. The number of alkyl carbamates (subject to hydrolysis) is 1. The highest BCUT2D eigenvalue weighted by molar-refractivity contribution is 5.68. The minimum atomic E-state index is -0.576. The van der Waals surface area contributed by atoms with Crippen LogP contribution in [0.3, 0.4) is 0 Å². The van der Waals surface area contributed by atoms with E-state index < -0.39 is 17.7 Å². The number of ether oxygens (including phenoxy) is 3. The molecule has 1 unspecified atom stereocenters. The van der Waals surface area contributed by atoms with Crippen molar-refractivity contribution in [1.82, 2.24) is 5.32 Å². The highest BCUT2D eigenvalue weighted by Crippen LogP contribution is 2.06. The number of nitrogens with one attached hydrogen (secondary N) is 1. The Morgan fingerprint density at radius 3 is 2.50 bits per heavy atom. The monoisotopic (exact) mass is 235 g/mol. The number of hydrogen-bond donors (Lipinski definition) is 2. The van der Waals surface area contributed by atoms with Crippen LogP contribution in [0.25, 0.3) is 0 Å². The fourth-order valence-corrected chi connectivity index (χ4v) is 0.888. The SMILES string of the molecule is COCOCC(CO)NC(=O)OC(C)(C)C. The molecule has 0 saturated heterocycles. The molecule has 1 amide bonds. The second-order valence-electron chi connectivity index (χ2n) is 4.30. The van der Waals surface area contributed by atoms with Crippen molar-refractivity contribution in [3.8, 4) is 0 Å². The van der Waals surface area contributed by atoms with Crippen LogP contribution in [0, 0.1) is 0 Å². The molecule has 0 aromatic carbocycles. The number of carbonyl (C=O) groups is 1. The molecule has 0 aliphatic carbocycles. The van der Waals surface area contributed by atoms with Gasteiger partial charge in [-0.05, 0) is 20.8 Å². The number of amides is 1. The van der Waals surface area contributed by atoms with Gasteiger partial charge in [0.05, 0.1) is 19.3 Å². The number of hydrogen-bond acceptors (Lipinski definition) is 5. The van der Waals surface area contributed by atoms with Crippen LogP contribution in [-0.4, -0.2) is 50.0 Å². The minimum absolute atomic E-state index is 0.118. The van der Waals surface area contributed by atoms with Crippen LogP contribution < -0.4 is 5.32 Å². The number of rotatable bonds is 6. The molecule has 0 aliphatic heterocycles. The van der Waals surface area contributed by atoms with E-state index in [4.69, 9.17) is 14.6 Å². The second-order valence-corrected chi connectivity index (χ2v) is 4.30. The van der Waals surface area contributed by atoms with Gasteiger partial charge in [0.15, 0.2) is 0 Å². The Labute approximate surface area is 95.9 Å². The lowest BCUT2D eigenvalue weighted by molar-refractivity contribution is -0.0432. The van der Waals surface area contributed by atoms with Gasteiger partial charge >= 0.3 is 6.09 Å². The molecule has 0 bridgehead atoms. The zero-order valence-corrected chi connectivity index (χ0v) is 10.3. The molecule has 0 fully saturated rings. The van der Waals surface area contributed by atoms with Crippen LogP contribution in [0.5, 0.6) is 0 Å². The van der Waals surface area contributed by atoms with Crippen molar-refractivity contribution < 1.29 is 24.1 Å². The Morgan fingerprint density at radius 2 is 2.06 bits per heavy atom. The lowest BCUT2D eigenvalue weighted by Gasteiger charge is -2.22. The third-order valence-electron chi connectivity index (χ3n) is 1.46. The van der Waals surface area contributed by atoms with E-state index in [2.05, 4.69) is 10.1 Å². The lowest BCUT2D eigenvalue weighted by Crippen LogP contribution is -2.43. The summed E-state index contributed by atoms with van der Waals surface area (Å²) in [6.45, 7) is 5.37. The molecule has 96 valence electrons. The Balaban J connectivity index is 3.88. The molecule has 6 heteroatoms. The number of aliphatic hydroxyl groups is 1. The molecule has 0 aromatic heterocycles. The van der Waals surface area contributed by atoms with Crippen LogP contribution in [0.2, 0.25) is 0 Å². The summed E-state index contributed by atoms with van der Waals surface area (Å²) in [4.78, 5) is 11.3. The Morgan fingerprint density at radius 1 is 1.44 bits per heavy atom. The third kappa shape index (κ3) is 8.46. The molecule has 0 radical (unpaired) electrons. The first kappa shape index (κ1) is 15.2. The van der Waals surface area contributed by atoms with Gasteiger partial charge in [0.1, 0.15) is 12.4 Å². The molecular formula is C10H21NO5. The topological polar surface area (TPSA) is 77.0 Å². The Hall–Kier alpha value is -0.850. The van der Waals surface area contributed by atoms with E-state index in [-0.39, 0.29) is 20.0 Å². The average Bonchev–Trinajstić information content (AvgIpc) is 2.13. The van der Waals surface area contributed by atoms with Crippen molar-refractivity contribution in [2.75, 3.05) is 27.1 Å². The third-order valence-corrected chi connectivity index (χ3v) is 1.46. The van der Waals surface area contributed by atoms with Crippen molar-refractivity contribution in [1.29, 1.82) is 0 Å². The van der Waals surface area contributed by atoms with Gasteiger partial charge in [-0.25, -0.2) is 4.79 Å². The Bertz CT molecular complexity index is 202. The molecule has 0 heterocycles. The van der Waals surface area contributed by atoms with Gasteiger partial charge in [0, 0.05) is 7.11 Å². The van der Waals surface area contributed by atoms with E-state index in [1.54, 1.807) is 20.8 Å². The van der Waals surface area contributed by atoms with Crippen molar-refractivity contribution in [3.05, 3.63) is 0 Å². The maximum Gasteiger partial charge on any atom is 0.408 e. The predicted octanol–water partition coefficient (Wildman–Crippen LogP) is 0.493. The molecule has 0 saturated carbocycles. The quantitative estimate of drug-likeness (QED) is 0.517. The summed E-state index contributed by atoms with van der Waals surface area (Å²) in [6.07, 6.45) is -0.576. The Kier molecular flexibility index (Phi) is 7.03. The second kappa shape index (κ2) is 7.43. The first-order valence-corrected chi connectivity index (χ1v) is 5.06. The highest BCUT2D eigenvalue weighted by Gasteiger charge is 2.19. The first-order chi connectivity index (χ1) is 7.39. The smallest absolute Gasteiger partial charge is 0.408 e. The summed E-state index contributed by atoms with van der Waals surface area (Å²) < 4.78 is 14.7. The molecule has 0 aliphatic rings. The molecule has 0 aromatic rings. The summed E-state index contributed by atoms with van der Waals surface area (Å²) in [5, 5.41) is 11.5. The van der Waals surface area contributed by atoms with Crippen molar-refractivity contribution in [2.24, 2.45) is 0 Å². The molecule has 6 nitrogen and oxygen atoms in total. The maximum atomic E-state index is 11.3. The fourth-order valence-electron chi connectivity index (χ4n) is 0.888. The van der Waals surface area contributed by atoms with Crippen LogP contribution in [-0.2, 0) is 14.2 Å². The van der Waals surface area contributed by atoms with E-state index in [1.165, 1.54) is 7.11 Å². The van der Waals surface area contributed by atoms with Gasteiger partial charge in [-0.3, -0.25) is 0 Å². The van der Waals surface area contributed by atoms with Gasteiger partial charge in [0.2, 0.25) is 0 Å². The molecule has 16 heavy (non-hydrogen) atoms. The van der Waals surface area contributed by atoms with Crippen LogP contribution in [0.4, 0.5) is 4.79 Å². The van der Waals surface area contributed by atoms with Crippen LogP contribution in [0.15, 0.2) is 0 Å². The van der Waals surface area contributed by atoms with Crippen molar-refractivity contribution in [3.63, 3.8) is 0 Å². The van der Waals surface area contributed by atoms with E-state index in [0.29, 0.717) is 0 Å². The largest absolute Gasteiger partial charge is 0.444 e. The zero-order valence-electron chi connectivity index (χ0n) is 10.3. The number of carbonyl (C=O) groups excluding carboxylic acids is 1. The van der Waals surface area contributed by atoms with E-state index in [9.17, 15) is 4.79 Å². The minimum Gasteiger partial charge on any atom is -0.444 e. The van der Waals surface area contributed by atoms with Crippen LogP contribution >= 0.6 is 0 Å². The van der Waals surface area contributed by atoms with Crippen molar-refractivity contribution in [2.45, 2.75) is 32.4 Å².